The fourth-order valence-corrected chi connectivity index (χ4v) is 4.08. The van der Waals surface area contributed by atoms with Crippen molar-refractivity contribution < 1.29 is 9.47 Å². The summed E-state index contributed by atoms with van der Waals surface area (Å²) in [7, 11) is 2.05. The van der Waals surface area contributed by atoms with Crippen LogP contribution in [-0.2, 0) is 4.74 Å². The van der Waals surface area contributed by atoms with Crippen molar-refractivity contribution in [3.8, 4) is 5.75 Å². The third-order valence-corrected chi connectivity index (χ3v) is 6.08. The fourth-order valence-electron chi connectivity index (χ4n) is 4.08. The van der Waals surface area contributed by atoms with Gasteiger partial charge in [0, 0.05) is 37.2 Å². The Kier molecular flexibility index (Phi) is 5.42. The van der Waals surface area contributed by atoms with Crippen molar-refractivity contribution in [2.75, 3.05) is 36.2 Å². The van der Waals surface area contributed by atoms with Crippen LogP contribution in [0.2, 0.25) is 0 Å². The van der Waals surface area contributed by atoms with E-state index in [0.717, 1.165) is 55.6 Å². The molecule has 0 spiro atoms. The molecule has 3 N–H and O–H groups in total. The first-order valence-electron chi connectivity index (χ1n) is 10.7. The Morgan fingerprint density at radius 3 is 2.48 bits per heavy atom. The Bertz CT molecular complexity index is 1030. The smallest absolute Gasteiger partial charge is 0.222 e. The van der Waals surface area contributed by atoms with Crippen LogP contribution in [0.25, 0.3) is 11.0 Å². The van der Waals surface area contributed by atoms with Crippen LogP contribution < -0.4 is 20.7 Å². The molecule has 1 saturated heterocycles. The van der Waals surface area contributed by atoms with Crippen molar-refractivity contribution in [3.05, 3.63) is 36.9 Å². The molecule has 2 fully saturated rings. The van der Waals surface area contributed by atoms with E-state index >= 15 is 0 Å². The largest absolute Gasteiger partial charge is 0.488 e. The first kappa shape index (κ1) is 19.7. The summed E-state index contributed by atoms with van der Waals surface area (Å²) < 4.78 is 11.5. The number of nitrogens with two attached hydrogens (primary N) is 1. The molecule has 31 heavy (non-hydrogen) atoms. The summed E-state index contributed by atoms with van der Waals surface area (Å²) in [6.45, 7) is 1.53. The Morgan fingerprint density at radius 1 is 1.03 bits per heavy atom. The van der Waals surface area contributed by atoms with E-state index in [9.17, 15) is 0 Å². The number of ether oxygens (including phenoxy) is 2. The summed E-state index contributed by atoms with van der Waals surface area (Å²) >= 11 is 0. The van der Waals surface area contributed by atoms with Gasteiger partial charge in [0.05, 0.1) is 49.0 Å². The van der Waals surface area contributed by atoms with E-state index in [-0.39, 0.29) is 6.10 Å². The molecular formula is C22H27N7O2. The van der Waals surface area contributed by atoms with E-state index in [1.807, 2.05) is 24.5 Å². The van der Waals surface area contributed by atoms with E-state index in [0.29, 0.717) is 29.5 Å². The number of rotatable bonds is 6. The average molecular weight is 422 g/mol. The highest BCUT2D eigenvalue weighted by Crippen LogP contribution is 2.30. The lowest BCUT2D eigenvalue weighted by Gasteiger charge is -2.35. The molecule has 1 saturated carbocycles. The summed E-state index contributed by atoms with van der Waals surface area (Å²) in [5, 5.41) is 3.46. The van der Waals surface area contributed by atoms with Gasteiger partial charge in [-0.05, 0) is 31.7 Å². The van der Waals surface area contributed by atoms with Crippen LogP contribution in [0, 0.1) is 0 Å². The minimum Gasteiger partial charge on any atom is -0.488 e. The van der Waals surface area contributed by atoms with Gasteiger partial charge >= 0.3 is 0 Å². The molecule has 0 amide bonds. The van der Waals surface area contributed by atoms with E-state index in [1.165, 1.54) is 0 Å². The Morgan fingerprint density at radius 2 is 1.77 bits per heavy atom. The molecule has 0 bridgehead atoms. The van der Waals surface area contributed by atoms with Gasteiger partial charge in [-0.15, -0.1) is 0 Å². The van der Waals surface area contributed by atoms with E-state index in [2.05, 4.69) is 37.2 Å². The SMILES string of the molecule is CN(c1cnc(NC2CCC(Oc3cc(N)cc4nccnc34)CC2)nc1)C1COC1. The number of nitrogens with zero attached hydrogens (tertiary/aromatic N) is 5. The maximum atomic E-state index is 6.27. The van der Waals surface area contributed by atoms with Crippen LogP contribution in [-0.4, -0.2) is 58.4 Å². The highest BCUT2D eigenvalue weighted by Gasteiger charge is 2.25. The number of hydrogen-bond donors (Lipinski definition) is 2. The number of nitrogen functional groups attached to an aromatic ring is 1. The van der Waals surface area contributed by atoms with Gasteiger partial charge in [0.2, 0.25) is 5.95 Å². The lowest BCUT2D eigenvalue weighted by atomic mass is 9.93. The molecular weight excluding hydrogens is 394 g/mol. The van der Waals surface area contributed by atoms with Gasteiger partial charge in [0.1, 0.15) is 11.3 Å². The van der Waals surface area contributed by atoms with E-state index in [4.69, 9.17) is 15.2 Å². The first-order valence-corrected chi connectivity index (χ1v) is 10.7. The van der Waals surface area contributed by atoms with Crippen molar-refractivity contribution in [2.45, 2.75) is 43.9 Å². The van der Waals surface area contributed by atoms with Gasteiger partial charge in [0.25, 0.3) is 0 Å². The standard InChI is InChI=1S/C22H27N7O2/c1-29(17-12-30-13-17)16-10-26-22(27-11-16)28-15-2-4-18(5-3-15)31-20-9-14(23)8-19-21(20)25-7-6-24-19/h6-11,15,17-18H,2-5,12-13,23H2,1H3,(H,26,27,28). The zero-order valence-electron chi connectivity index (χ0n) is 17.6. The maximum absolute atomic E-state index is 6.27. The Hall–Kier alpha value is -3.20. The lowest BCUT2D eigenvalue weighted by molar-refractivity contribution is 0.0101. The second kappa shape index (κ2) is 8.50. The second-order valence-corrected chi connectivity index (χ2v) is 8.25. The zero-order valence-corrected chi connectivity index (χ0v) is 17.6. The number of anilines is 3. The van der Waals surface area contributed by atoms with Crippen molar-refractivity contribution >= 4 is 28.4 Å². The van der Waals surface area contributed by atoms with Gasteiger partial charge in [0.15, 0.2) is 0 Å². The number of fused-ring (bicyclic) bond motifs is 1. The predicted octanol–water partition coefficient (Wildman–Crippen LogP) is 2.64. The topological polar surface area (TPSA) is 111 Å². The monoisotopic (exact) mass is 421 g/mol. The summed E-state index contributed by atoms with van der Waals surface area (Å²) in [6, 6.07) is 4.41. The highest BCUT2D eigenvalue weighted by molar-refractivity contribution is 5.84. The molecule has 9 heteroatoms. The van der Waals surface area contributed by atoms with Gasteiger partial charge in [-0.25, -0.2) is 15.0 Å². The van der Waals surface area contributed by atoms with Crippen molar-refractivity contribution in [1.82, 2.24) is 19.9 Å². The molecule has 2 aromatic heterocycles. The molecule has 1 aliphatic carbocycles. The van der Waals surface area contributed by atoms with Gasteiger partial charge in [-0.1, -0.05) is 0 Å². The number of nitrogens with one attached hydrogen (secondary N) is 1. The molecule has 0 radical (unpaired) electrons. The summed E-state index contributed by atoms with van der Waals surface area (Å²) in [5.41, 5.74) is 9.16. The molecule has 1 aliphatic heterocycles. The molecule has 3 aromatic rings. The minimum atomic E-state index is 0.131. The highest BCUT2D eigenvalue weighted by atomic mass is 16.5. The molecule has 9 nitrogen and oxygen atoms in total. The zero-order chi connectivity index (χ0) is 21.2. The second-order valence-electron chi connectivity index (χ2n) is 8.25. The number of benzene rings is 1. The van der Waals surface area contributed by atoms with Crippen molar-refractivity contribution in [1.29, 1.82) is 0 Å². The van der Waals surface area contributed by atoms with Crippen molar-refractivity contribution in [3.63, 3.8) is 0 Å². The predicted molar refractivity (Wildman–Crippen MR) is 119 cm³/mol. The van der Waals surface area contributed by atoms with Crippen LogP contribution in [0.3, 0.4) is 0 Å². The van der Waals surface area contributed by atoms with Crippen LogP contribution in [0.5, 0.6) is 5.75 Å². The third-order valence-electron chi connectivity index (χ3n) is 6.08. The normalized spacial score (nSPS) is 21.5. The lowest BCUT2D eigenvalue weighted by Crippen LogP contribution is -2.47. The summed E-state index contributed by atoms with van der Waals surface area (Å²) in [5.74, 6) is 1.38. The molecule has 5 rings (SSSR count). The van der Waals surface area contributed by atoms with Crippen molar-refractivity contribution in [2.24, 2.45) is 0 Å². The molecule has 0 atom stereocenters. The Labute approximate surface area is 181 Å². The first-order chi connectivity index (χ1) is 15.2. The quantitative estimate of drug-likeness (QED) is 0.580. The molecule has 0 unspecified atom stereocenters. The Balaban J connectivity index is 1.16. The van der Waals surface area contributed by atoms with Gasteiger partial charge < -0.3 is 25.4 Å². The molecule has 162 valence electrons. The van der Waals surface area contributed by atoms with E-state index in [1.54, 1.807) is 12.4 Å². The molecule has 3 heterocycles. The maximum Gasteiger partial charge on any atom is 0.222 e. The summed E-state index contributed by atoms with van der Waals surface area (Å²) in [4.78, 5) is 19.9. The molecule has 1 aromatic carbocycles. The van der Waals surface area contributed by atoms with Crippen LogP contribution >= 0.6 is 0 Å². The molecule has 2 aliphatic rings. The number of aromatic nitrogens is 4. The third kappa shape index (κ3) is 4.32. The summed E-state index contributed by atoms with van der Waals surface area (Å²) in [6.07, 6.45) is 11.1. The van der Waals surface area contributed by atoms with Gasteiger partial charge in [-0.2, -0.15) is 0 Å². The fraction of sp³-hybridized carbons (Fsp3) is 0.455. The van der Waals surface area contributed by atoms with Crippen LogP contribution in [0.4, 0.5) is 17.3 Å². The van der Waals surface area contributed by atoms with E-state index < -0.39 is 0 Å². The number of hydrogen-bond acceptors (Lipinski definition) is 9. The van der Waals surface area contributed by atoms with Crippen LogP contribution in [0.1, 0.15) is 25.7 Å². The average Bonchev–Trinajstić information content (AvgIpc) is 2.74. The van der Waals surface area contributed by atoms with Gasteiger partial charge in [-0.3, -0.25) is 4.98 Å². The number of likely N-dealkylation sites (N-methyl/N-ethyl adjacent to an activating group) is 1. The van der Waals surface area contributed by atoms with Crippen LogP contribution in [0.15, 0.2) is 36.9 Å². The minimum absolute atomic E-state index is 0.131.